The van der Waals surface area contributed by atoms with Gasteiger partial charge in [-0.2, -0.15) is 24.1 Å². The smallest absolute Gasteiger partial charge is 0.509 e. The maximum atomic E-state index is 12.3. The molecule has 0 amide bonds. The van der Waals surface area contributed by atoms with Crippen molar-refractivity contribution in [3.63, 3.8) is 0 Å². The predicted octanol–water partition coefficient (Wildman–Crippen LogP) is 2.52. The molecule has 1 aromatic carbocycles. The van der Waals surface area contributed by atoms with E-state index in [2.05, 4.69) is 32.9 Å². The monoisotopic (exact) mass is 330 g/mol. The second kappa shape index (κ2) is 13.3. The van der Waals surface area contributed by atoms with Crippen LogP contribution in [0.2, 0.25) is 0 Å². The SMILES string of the molecule is [CH-]=C(C)C(F)(F)/C=C/C.[CH2-]c1cc(CC)c(CO)cc1CC.[CH3-].[Li+]. The molecule has 0 aliphatic carbocycles. The fourth-order valence-corrected chi connectivity index (χ4v) is 1.94. The normalized spacial score (nSPS) is 10.3. The maximum Gasteiger partial charge on any atom is 1.00 e. The number of benzene rings is 1. The summed E-state index contributed by atoms with van der Waals surface area (Å²) in [5, 5.41) is 9.14. The molecule has 4 heteroatoms. The van der Waals surface area contributed by atoms with Crippen LogP contribution in [0.4, 0.5) is 8.78 Å². The first-order valence-corrected chi connectivity index (χ1v) is 7.42. The Bertz CT molecular complexity index is 523. The zero-order valence-electron chi connectivity index (χ0n) is 15.9. The Hall–Kier alpha value is -1.01. The minimum absolute atomic E-state index is 0. The Balaban J connectivity index is -0.000000360. The minimum Gasteiger partial charge on any atom is -0.509 e. The summed E-state index contributed by atoms with van der Waals surface area (Å²) in [5.74, 6) is -2.94. The van der Waals surface area contributed by atoms with Crippen molar-refractivity contribution >= 4 is 0 Å². The van der Waals surface area contributed by atoms with E-state index < -0.39 is 5.92 Å². The molecule has 0 aromatic heterocycles. The van der Waals surface area contributed by atoms with Gasteiger partial charge in [0.05, 0.1) is 6.61 Å². The summed E-state index contributed by atoms with van der Waals surface area (Å²) in [4.78, 5) is 0. The molecule has 1 N–H and O–H groups in total. The molecule has 0 aliphatic heterocycles. The van der Waals surface area contributed by atoms with Crippen molar-refractivity contribution in [3.05, 3.63) is 73.0 Å². The van der Waals surface area contributed by atoms with Crippen molar-refractivity contribution in [1.29, 1.82) is 0 Å². The van der Waals surface area contributed by atoms with Crippen LogP contribution in [0.1, 0.15) is 49.9 Å². The standard InChI is InChI=1S/C12H17O.C7H9F2.CH3.Li/c1-4-10-7-12(8-13)11(5-2)6-9(10)3;1-4-5-7(8,9)6(2)3;;/h6-7,13H,3-5,8H2,1-2H3;2,4-5H,1,3H3;1H3;/q3*-1;+1/b;5-4+;;. The molecule has 0 aliphatic rings. The third-order valence-corrected chi connectivity index (χ3v) is 3.36. The van der Waals surface area contributed by atoms with Gasteiger partial charge >= 0.3 is 18.9 Å². The first-order chi connectivity index (χ1) is 10.2. The molecular weight excluding hydrogens is 301 g/mol. The summed E-state index contributed by atoms with van der Waals surface area (Å²) < 4.78 is 24.6. The Labute approximate surface area is 159 Å². The topological polar surface area (TPSA) is 20.2 Å². The number of aliphatic hydroxyl groups excluding tert-OH is 1. The molecule has 0 fully saturated rings. The molecule has 132 valence electrons. The summed E-state index contributed by atoms with van der Waals surface area (Å²) >= 11 is 0. The van der Waals surface area contributed by atoms with Crippen LogP contribution in [0.15, 0.2) is 29.9 Å². The summed E-state index contributed by atoms with van der Waals surface area (Å²) in [6, 6.07) is 4.16. The van der Waals surface area contributed by atoms with Gasteiger partial charge in [-0.1, -0.05) is 38.8 Å². The van der Waals surface area contributed by atoms with Crippen molar-refractivity contribution in [3.8, 4) is 0 Å². The number of allylic oxidation sites excluding steroid dienone is 3. The molecule has 0 bridgehead atoms. The van der Waals surface area contributed by atoms with Crippen molar-refractivity contribution in [2.45, 2.75) is 53.1 Å². The Morgan fingerprint density at radius 3 is 2.00 bits per heavy atom. The number of hydrogen-bond acceptors (Lipinski definition) is 1. The quantitative estimate of drug-likeness (QED) is 0.500. The molecule has 0 saturated heterocycles. The van der Waals surface area contributed by atoms with E-state index in [0.29, 0.717) is 0 Å². The first kappa shape index (κ1) is 27.8. The van der Waals surface area contributed by atoms with E-state index in [1.807, 2.05) is 0 Å². The Morgan fingerprint density at radius 2 is 1.71 bits per heavy atom. The molecule has 1 rings (SSSR count). The summed E-state index contributed by atoms with van der Waals surface area (Å²) in [6.45, 7) is 15.9. The predicted molar refractivity (Wildman–Crippen MR) is 95.2 cm³/mol. The summed E-state index contributed by atoms with van der Waals surface area (Å²) in [7, 11) is 0. The van der Waals surface area contributed by atoms with E-state index in [1.54, 1.807) is 0 Å². The number of halogens is 2. The Morgan fingerprint density at radius 1 is 1.21 bits per heavy atom. The maximum absolute atomic E-state index is 12.3. The number of aryl methyl sites for hydroxylation is 2. The molecule has 24 heavy (non-hydrogen) atoms. The van der Waals surface area contributed by atoms with Crippen LogP contribution in [-0.4, -0.2) is 11.0 Å². The van der Waals surface area contributed by atoms with Gasteiger partial charge in [0.1, 0.15) is 0 Å². The fourth-order valence-electron chi connectivity index (χ4n) is 1.94. The molecule has 0 radical (unpaired) electrons. The third kappa shape index (κ3) is 8.73. The van der Waals surface area contributed by atoms with Crippen molar-refractivity contribution in [2.24, 2.45) is 0 Å². The molecule has 0 heterocycles. The second-order valence-corrected chi connectivity index (χ2v) is 5.06. The number of hydrogen-bond donors (Lipinski definition) is 1. The van der Waals surface area contributed by atoms with Gasteiger partial charge in [-0.05, 0) is 25.0 Å². The van der Waals surface area contributed by atoms with Crippen LogP contribution in [0.5, 0.6) is 0 Å². The zero-order valence-corrected chi connectivity index (χ0v) is 15.9. The van der Waals surface area contributed by atoms with E-state index in [1.165, 1.54) is 31.1 Å². The third-order valence-electron chi connectivity index (χ3n) is 3.36. The molecule has 1 nitrogen and oxygen atoms in total. The average molecular weight is 330 g/mol. The summed E-state index contributed by atoms with van der Waals surface area (Å²) in [5.41, 5.74) is 4.22. The van der Waals surface area contributed by atoms with Crippen LogP contribution in [0, 0.1) is 20.9 Å². The zero-order chi connectivity index (χ0) is 17.3. The van der Waals surface area contributed by atoms with Gasteiger partial charge in [0.15, 0.2) is 0 Å². The van der Waals surface area contributed by atoms with Gasteiger partial charge in [-0.25, -0.2) is 8.78 Å². The van der Waals surface area contributed by atoms with Crippen LogP contribution in [-0.2, 0) is 19.4 Å². The molecule has 0 saturated carbocycles. The van der Waals surface area contributed by atoms with Gasteiger partial charge in [0.25, 0.3) is 5.92 Å². The average Bonchev–Trinajstić information content (AvgIpc) is 2.47. The fraction of sp³-hybridized carbons (Fsp3) is 0.400. The van der Waals surface area contributed by atoms with E-state index in [-0.39, 0.29) is 38.5 Å². The number of rotatable bonds is 5. The number of aliphatic hydroxyl groups is 1. The van der Waals surface area contributed by atoms with Crippen LogP contribution >= 0.6 is 0 Å². The van der Waals surface area contributed by atoms with Crippen LogP contribution in [0.25, 0.3) is 0 Å². The van der Waals surface area contributed by atoms with Crippen molar-refractivity contribution in [2.75, 3.05) is 0 Å². The van der Waals surface area contributed by atoms with Gasteiger partial charge in [0, 0.05) is 0 Å². The van der Waals surface area contributed by atoms with E-state index >= 15 is 0 Å². The van der Waals surface area contributed by atoms with Crippen LogP contribution < -0.4 is 18.9 Å². The van der Waals surface area contributed by atoms with Gasteiger partial charge in [-0.3, -0.25) is 0 Å². The summed E-state index contributed by atoms with van der Waals surface area (Å²) in [6.07, 6.45) is 3.98. The molecular formula is C20H29F2LiO-2. The first-order valence-electron chi connectivity index (χ1n) is 7.42. The van der Waals surface area contributed by atoms with E-state index in [0.717, 1.165) is 30.0 Å². The van der Waals surface area contributed by atoms with Gasteiger partial charge in [0.2, 0.25) is 0 Å². The van der Waals surface area contributed by atoms with Gasteiger partial charge < -0.3 is 19.1 Å². The van der Waals surface area contributed by atoms with Crippen LogP contribution in [0.3, 0.4) is 0 Å². The van der Waals surface area contributed by atoms with Crippen molar-refractivity contribution in [1.82, 2.24) is 0 Å². The molecule has 0 unspecified atom stereocenters. The molecule has 1 aromatic rings. The molecule has 0 atom stereocenters. The van der Waals surface area contributed by atoms with E-state index in [9.17, 15) is 8.78 Å². The Kier molecular flexibility index (Phi) is 15.4. The van der Waals surface area contributed by atoms with E-state index in [4.69, 9.17) is 11.7 Å². The largest absolute Gasteiger partial charge is 1.00 e. The minimum atomic E-state index is -2.94. The molecule has 0 spiro atoms. The second-order valence-electron chi connectivity index (χ2n) is 5.06. The van der Waals surface area contributed by atoms with Gasteiger partial charge in [-0.15, -0.1) is 11.6 Å². The number of alkyl halides is 2. The van der Waals surface area contributed by atoms with Crippen molar-refractivity contribution < 1.29 is 32.7 Å².